The molecule has 1 fully saturated rings. The van der Waals surface area contributed by atoms with E-state index < -0.39 is 0 Å². The molecule has 0 radical (unpaired) electrons. The second kappa shape index (κ2) is 5.90. The monoisotopic (exact) mass is 286 g/mol. The number of methoxy groups -OCH3 is 1. The lowest BCUT2D eigenvalue weighted by Crippen LogP contribution is -2.42. The molecule has 2 heterocycles. The van der Waals surface area contributed by atoms with Crippen molar-refractivity contribution in [3.05, 3.63) is 36.0 Å². The number of H-pyrrole nitrogens is 1. The van der Waals surface area contributed by atoms with Crippen LogP contribution in [0.15, 0.2) is 30.5 Å². The molecule has 1 aliphatic rings. The van der Waals surface area contributed by atoms with E-state index in [1.807, 2.05) is 6.07 Å². The van der Waals surface area contributed by atoms with Gasteiger partial charge in [-0.1, -0.05) is 31.5 Å². The Morgan fingerprint density at radius 2 is 2.19 bits per heavy atom. The van der Waals surface area contributed by atoms with Gasteiger partial charge >= 0.3 is 5.97 Å². The lowest BCUT2D eigenvalue weighted by molar-refractivity contribution is -0.149. The Balaban J connectivity index is 1.88. The van der Waals surface area contributed by atoms with Crippen molar-refractivity contribution in [1.82, 2.24) is 10.3 Å². The average Bonchev–Trinajstić information content (AvgIpc) is 2.97. The van der Waals surface area contributed by atoms with Crippen LogP contribution in [0.3, 0.4) is 0 Å². The van der Waals surface area contributed by atoms with Crippen LogP contribution in [-0.2, 0) is 9.53 Å². The molecule has 1 saturated heterocycles. The zero-order chi connectivity index (χ0) is 14.8. The molecule has 4 nitrogen and oxygen atoms in total. The van der Waals surface area contributed by atoms with Crippen LogP contribution in [0.5, 0.6) is 0 Å². The lowest BCUT2D eigenvalue weighted by Gasteiger charge is -2.35. The first kappa shape index (κ1) is 14.1. The maximum Gasteiger partial charge on any atom is 0.309 e. The summed E-state index contributed by atoms with van der Waals surface area (Å²) in [6.45, 7) is 2.99. The van der Waals surface area contributed by atoms with Crippen molar-refractivity contribution in [2.75, 3.05) is 13.7 Å². The Kier molecular flexibility index (Phi) is 3.97. The Hall–Kier alpha value is -1.81. The molecule has 21 heavy (non-hydrogen) atoms. The number of aromatic nitrogens is 1. The van der Waals surface area contributed by atoms with Crippen LogP contribution in [0.1, 0.15) is 31.4 Å². The van der Waals surface area contributed by atoms with Gasteiger partial charge in [-0.25, -0.2) is 0 Å². The van der Waals surface area contributed by atoms with Gasteiger partial charge in [-0.05, 0) is 30.5 Å². The third-order valence-corrected chi connectivity index (χ3v) is 4.71. The van der Waals surface area contributed by atoms with Crippen LogP contribution in [0.25, 0.3) is 10.9 Å². The number of rotatable bonds is 3. The summed E-state index contributed by atoms with van der Waals surface area (Å²) < 4.78 is 5.00. The van der Waals surface area contributed by atoms with Gasteiger partial charge in [0.05, 0.1) is 13.0 Å². The Morgan fingerprint density at radius 1 is 1.38 bits per heavy atom. The van der Waals surface area contributed by atoms with Crippen molar-refractivity contribution in [1.29, 1.82) is 0 Å². The summed E-state index contributed by atoms with van der Waals surface area (Å²) >= 11 is 0. The number of piperidine rings is 1. The van der Waals surface area contributed by atoms with Gasteiger partial charge in [-0.3, -0.25) is 4.79 Å². The van der Waals surface area contributed by atoms with Crippen LogP contribution in [0.4, 0.5) is 0 Å². The number of nitrogens with one attached hydrogen (secondary N) is 2. The van der Waals surface area contributed by atoms with E-state index in [1.54, 1.807) is 0 Å². The molecule has 4 heteroatoms. The van der Waals surface area contributed by atoms with Crippen molar-refractivity contribution in [3.8, 4) is 0 Å². The summed E-state index contributed by atoms with van der Waals surface area (Å²) in [6.07, 6.45) is 3.85. The molecule has 0 aliphatic carbocycles. The second-order valence-electron chi connectivity index (χ2n) is 5.78. The molecule has 2 aromatic rings. The zero-order valence-electron chi connectivity index (χ0n) is 12.6. The van der Waals surface area contributed by atoms with E-state index in [0.717, 1.165) is 24.9 Å². The number of carbonyl (C=O) groups excluding carboxylic acids is 1. The normalized spacial score (nSPS) is 25.9. The van der Waals surface area contributed by atoms with Gasteiger partial charge in [0.1, 0.15) is 0 Å². The topological polar surface area (TPSA) is 54.1 Å². The fraction of sp³-hybridized carbons (Fsp3) is 0.471. The van der Waals surface area contributed by atoms with Crippen molar-refractivity contribution in [2.45, 2.75) is 25.8 Å². The number of para-hydroxylation sites is 1. The molecule has 0 spiro atoms. The van der Waals surface area contributed by atoms with Crippen LogP contribution in [0.2, 0.25) is 0 Å². The van der Waals surface area contributed by atoms with Crippen LogP contribution >= 0.6 is 0 Å². The highest BCUT2D eigenvalue weighted by Gasteiger charge is 2.35. The summed E-state index contributed by atoms with van der Waals surface area (Å²) in [7, 11) is 1.48. The Labute approximate surface area is 124 Å². The zero-order valence-corrected chi connectivity index (χ0v) is 12.6. The van der Waals surface area contributed by atoms with E-state index in [4.69, 9.17) is 4.74 Å². The van der Waals surface area contributed by atoms with E-state index in [-0.39, 0.29) is 17.9 Å². The highest BCUT2D eigenvalue weighted by atomic mass is 16.5. The number of ether oxygens (including phenoxy) is 1. The molecule has 0 saturated carbocycles. The minimum absolute atomic E-state index is 0.0140. The summed E-state index contributed by atoms with van der Waals surface area (Å²) in [5.41, 5.74) is 2.38. The van der Waals surface area contributed by atoms with Gasteiger partial charge < -0.3 is 15.0 Å². The minimum Gasteiger partial charge on any atom is -0.469 e. The Morgan fingerprint density at radius 3 is 2.95 bits per heavy atom. The molecule has 3 atom stereocenters. The smallest absolute Gasteiger partial charge is 0.309 e. The average molecular weight is 286 g/mol. The quantitative estimate of drug-likeness (QED) is 0.853. The molecular weight excluding hydrogens is 264 g/mol. The highest BCUT2D eigenvalue weighted by molar-refractivity contribution is 5.83. The lowest BCUT2D eigenvalue weighted by atomic mass is 9.80. The predicted molar refractivity (Wildman–Crippen MR) is 82.9 cm³/mol. The van der Waals surface area contributed by atoms with Crippen LogP contribution < -0.4 is 5.32 Å². The van der Waals surface area contributed by atoms with Gasteiger partial charge in [0, 0.05) is 23.1 Å². The molecule has 112 valence electrons. The number of hydrogen-bond donors (Lipinski definition) is 2. The third-order valence-electron chi connectivity index (χ3n) is 4.71. The highest BCUT2D eigenvalue weighted by Crippen LogP contribution is 2.35. The van der Waals surface area contributed by atoms with E-state index in [0.29, 0.717) is 5.92 Å². The van der Waals surface area contributed by atoms with Gasteiger partial charge in [0.15, 0.2) is 0 Å². The molecular formula is C17H22N2O2. The molecule has 1 aromatic heterocycles. The predicted octanol–water partition coefficient (Wildman–Crippen LogP) is 3.02. The number of aromatic amines is 1. The molecule has 3 rings (SSSR count). The molecule has 1 aromatic carbocycles. The maximum absolute atomic E-state index is 12.1. The van der Waals surface area contributed by atoms with E-state index in [1.165, 1.54) is 18.1 Å². The van der Waals surface area contributed by atoms with Crippen molar-refractivity contribution in [3.63, 3.8) is 0 Å². The van der Waals surface area contributed by atoms with E-state index in [2.05, 4.69) is 41.6 Å². The molecule has 0 bridgehead atoms. The fourth-order valence-electron chi connectivity index (χ4n) is 3.45. The van der Waals surface area contributed by atoms with Gasteiger partial charge in [0.25, 0.3) is 0 Å². The van der Waals surface area contributed by atoms with Crippen LogP contribution in [0, 0.1) is 11.8 Å². The molecule has 0 amide bonds. The Bertz CT molecular complexity index is 635. The molecule has 2 N–H and O–H groups in total. The maximum atomic E-state index is 12.1. The number of esters is 1. The number of hydrogen-bond acceptors (Lipinski definition) is 3. The number of carbonyl (C=O) groups is 1. The van der Waals surface area contributed by atoms with Gasteiger partial charge in [0.2, 0.25) is 0 Å². The summed E-state index contributed by atoms with van der Waals surface area (Å²) in [5.74, 6) is 0.270. The van der Waals surface area contributed by atoms with E-state index in [9.17, 15) is 4.79 Å². The van der Waals surface area contributed by atoms with Crippen LogP contribution in [-0.4, -0.2) is 24.6 Å². The standard InChI is InChI=1S/C17H22N2O2/c1-3-11-9-18-16(8-13(11)17(20)21-2)14-10-19-15-7-5-4-6-12(14)15/h4-7,10-11,13,16,18-19H,3,8-9H2,1-2H3/t11-,13+,16+/m1/s1. The van der Waals surface area contributed by atoms with Gasteiger partial charge in [-0.2, -0.15) is 0 Å². The largest absolute Gasteiger partial charge is 0.469 e. The van der Waals surface area contributed by atoms with E-state index >= 15 is 0 Å². The molecule has 1 aliphatic heterocycles. The van der Waals surface area contributed by atoms with Gasteiger partial charge in [-0.15, -0.1) is 0 Å². The second-order valence-corrected chi connectivity index (χ2v) is 5.78. The SMILES string of the molecule is CC[C@@H]1CN[C@H](c2c[nH]c3ccccc23)C[C@@H]1C(=O)OC. The minimum atomic E-state index is -0.0757. The van der Waals surface area contributed by atoms with Crippen molar-refractivity contribution < 1.29 is 9.53 Å². The first-order valence-electron chi connectivity index (χ1n) is 7.61. The molecule has 0 unspecified atom stereocenters. The summed E-state index contributed by atoms with van der Waals surface area (Å²) in [4.78, 5) is 15.4. The van der Waals surface area contributed by atoms with Crippen molar-refractivity contribution in [2.24, 2.45) is 11.8 Å². The summed E-state index contributed by atoms with van der Waals surface area (Å²) in [6, 6.07) is 8.49. The number of benzene rings is 1. The third kappa shape index (κ3) is 2.56. The number of fused-ring (bicyclic) bond motifs is 1. The fourth-order valence-corrected chi connectivity index (χ4v) is 3.45. The van der Waals surface area contributed by atoms with Crippen molar-refractivity contribution >= 4 is 16.9 Å². The first-order chi connectivity index (χ1) is 10.2. The first-order valence-corrected chi connectivity index (χ1v) is 7.61. The summed E-state index contributed by atoms with van der Waals surface area (Å²) in [5, 5.41) is 4.83.